The van der Waals surface area contributed by atoms with E-state index < -0.39 is 17.2 Å². The molecule has 470 valence electrons. The summed E-state index contributed by atoms with van der Waals surface area (Å²) in [5, 5.41) is 18.8. The number of hydrogen-bond acceptors (Lipinski definition) is 14. The molecule has 93 heavy (non-hydrogen) atoms. The van der Waals surface area contributed by atoms with Crippen molar-refractivity contribution in [3.05, 3.63) is 193 Å². The summed E-state index contributed by atoms with van der Waals surface area (Å²) in [5.41, 5.74) is 6.86. The van der Waals surface area contributed by atoms with Gasteiger partial charge < -0.3 is 4.74 Å². The number of nitrogens with zero attached hydrogens (tertiary/aromatic N) is 3. The Morgan fingerprint density at radius 3 is 1.72 bits per heavy atom. The molecule has 0 spiro atoms. The zero-order chi connectivity index (χ0) is 65.6. The average molecular weight is 1360 g/mol. The number of carbonyl (C=O) groups excluding carboxylic acids is 5. The lowest BCUT2D eigenvalue weighted by Crippen LogP contribution is -2.42. The lowest BCUT2D eigenvalue weighted by atomic mass is 9.79. The number of nitriles is 1. The second-order valence-corrected chi connectivity index (χ2v) is 34.6. The van der Waals surface area contributed by atoms with E-state index in [9.17, 15) is 29.2 Å². The average Bonchev–Trinajstić information content (AvgIpc) is 1.41. The Labute approximate surface area is 572 Å². The van der Waals surface area contributed by atoms with Crippen LogP contribution in [0.2, 0.25) is 0 Å². The summed E-state index contributed by atoms with van der Waals surface area (Å²) in [6.07, 6.45) is 2.86. The zero-order valence-corrected chi connectivity index (χ0v) is 59.3. The molecule has 16 heteroatoms. The molecule has 7 aromatic carbocycles. The van der Waals surface area contributed by atoms with Gasteiger partial charge in [-0.05, 0) is 194 Å². The van der Waals surface area contributed by atoms with Gasteiger partial charge in [0, 0.05) is 78.8 Å². The summed E-state index contributed by atoms with van der Waals surface area (Å²) in [7, 11) is 0. The van der Waals surface area contributed by atoms with Crippen molar-refractivity contribution >= 4 is 163 Å². The van der Waals surface area contributed by atoms with Gasteiger partial charge in [0.25, 0.3) is 23.6 Å². The fraction of sp³-hybridized carbons (Fsp3) is 0.286. The van der Waals surface area contributed by atoms with Gasteiger partial charge in [-0.25, -0.2) is 4.90 Å². The predicted molar refractivity (Wildman–Crippen MR) is 395 cm³/mol. The van der Waals surface area contributed by atoms with Crippen LogP contribution in [0.3, 0.4) is 0 Å². The molecular formula is C77H69N3O6S7. The molecule has 4 aromatic heterocycles. The maximum atomic E-state index is 14.9. The second kappa shape index (κ2) is 25.1. The largest absolute Gasteiger partial charge is 0.460 e. The highest BCUT2D eigenvalue weighted by molar-refractivity contribution is 8.47. The van der Waals surface area contributed by atoms with Gasteiger partial charge in [0.05, 0.1) is 23.7 Å². The van der Waals surface area contributed by atoms with E-state index in [-0.39, 0.29) is 53.4 Å². The van der Waals surface area contributed by atoms with Crippen molar-refractivity contribution in [1.29, 1.82) is 5.26 Å². The first-order chi connectivity index (χ1) is 44.4. The summed E-state index contributed by atoms with van der Waals surface area (Å²) < 4.78 is 6.67. The summed E-state index contributed by atoms with van der Waals surface area (Å²) in [6.45, 7) is 21.1. The third kappa shape index (κ3) is 12.0. The number of thiophene rings is 4. The number of thiocarbonyl (C=S) groups is 1. The normalized spacial score (nSPS) is 14.5. The highest BCUT2D eigenvalue weighted by Gasteiger charge is 2.40. The van der Waals surface area contributed by atoms with Crippen molar-refractivity contribution in [3.8, 4) is 35.3 Å². The van der Waals surface area contributed by atoms with Crippen LogP contribution in [0.25, 0.3) is 72.4 Å². The molecule has 2 aliphatic rings. The van der Waals surface area contributed by atoms with E-state index >= 15 is 0 Å². The first kappa shape index (κ1) is 64.4. The van der Waals surface area contributed by atoms with Gasteiger partial charge in [0.15, 0.2) is 0 Å². The Kier molecular flexibility index (Phi) is 17.4. The molecule has 13 rings (SSSR count). The van der Waals surface area contributed by atoms with E-state index in [0.717, 1.165) is 87.1 Å². The highest BCUT2D eigenvalue weighted by Crippen LogP contribution is 2.50. The lowest BCUT2D eigenvalue weighted by molar-refractivity contribution is -0.145. The third-order valence-electron chi connectivity index (χ3n) is 18.2. The number of carbonyl (C=O) groups is 5. The molecule has 0 fully saturated rings. The molecule has 11 aromatic rings. The van der Waals surface area contributed by atoms with E-state index in [4.69, 9.17) is 17.0 Å². The number of anilines is 1. The molecule has 0 bridgehead atoms. The topological polar surface area (TPSA) is 125 Å². The molecule has 0 radical (unpaired) electrons. The summed E-state index contributed by atoms with van der Waals surface area (Å²) in [6, 6.07) is 44.6. The van der Waals surface area contributed by atoms with Gasteiger partial charge in [-0.2, -0.15) is 5.26 Å². The molecule has 4 amide bonds. The number of esters is 1. The van der Waals surface area contributed by atoms with Crippen molar-refractivity contribution in [3.63, 3.8) is 0 Å². The van der Waals surface area contributed by atoms with E-state index in [0.29, 0.717) is 51.6 Å². The first-order valence-electron chi connectivity index (χ1n) is 31.4. The number of hydrogen-bond donors (Lipinski definition) is 0. The smallest absolute Gasteiger partial charge is 0.306 e. The lowest BCUT2D eigenvalue weighted by Gasteiger charge is -2.34. The first-order valence-corrected chi connectivity index (χ1v) is 37.0. The van der Waals surface area contributed by atoms with Gasteiger partial charge in [-0.1, -0.05) is 140 Å². The summed E-state index contributed by atoms with van der Waals surface area (Å²) >= 11 is 16.2. The minimum Gasteiger partial charge on any atom is -0.460 e. The van der Waals surface area contributed by atoms with Crippen molar-refractivity contribution in [1.82, 2.24) is 4.90 Å². The van der Waals surface area contributed by atoms with E-state index in [2.05, 4.69) is 116 Å². The van der Waals surface area contributed by atoms with Crippen LogP contribution in [0.5, 0.6) is 0 Å². The fourth-order valence-electron chi connectivity index (χ4n) is 13.1. The van der Waals surface area contributed by atoms with Gasteiger partial charge >= 0.3 is 5.97 Å². The maximum absolute atomic E-state index is 14.9. The summed E-state index contributed by atoms with van der Waals surface area (Å²) in [4.78, 5) is 84.1. The van der Waals surface area contributed by atoms with Crippen molar-refractivity contribution in [2.24, 2.45) is 5.41 Å². The van der Waals surface area contributed by atoms with Crippen LogP contribution in [0.1, 0.15) is 172 Å². The Balaban J connectivity index is 0.708. The molecule has 2 aliphatic heterocycles. The van der Waals surface area contributed by atoms with Crippen LogP contribution in [0, 0.1) is 30.6 Å². The molecule has 2 atom stereocenters. The second-order valence-electron chi connectivity index (χ2n) is 26.8. The third-order valence-corrected chi connectivity index (χ3v) is 26.1. The number of fused-ring (bicyclic) bond motifs is 2. The van der Waals surface area contributed by atoms with Gasteiger partial charge in [0.2, 0.25) is 0 Å². The molecule has 0 saturated heterocycles. The zero-order valence-electron chi connectivity index (χ0n) is 53.6. The monoisotopic (exact) mass is 1360 g/mol. The van der Waals surface area contributed by atoms with Crippen molar-refractivity contribution in [2.45, 2.75) is 131 Å². The Bertz CT molecular complexity index is 4810. The highest BCUT2D eigenvalue weighted by atomic mass is 32.2. The van der Waals surface area contributed by atoms with Gasteiger partial charge in [-0.3, -0.25) is 28.9 Å². The molecule has 2 unspecified atom stereocenters. The van der Waals surface area contributed by atoms with Crippen LogP contribution in [0.4, 0.5) is 5.69 Å². The molecule has 0 saturated carbocycles. The Hall–Kier alpha value is -7.33. The van der Waals surface area contributed by atoms with Crippen LogP contribution >= 0.6 is 81.1 Å². The quantitative estimate of drug-likeness (QED) is 0.0205. The summed E-state index contributed by atoms with van der Waals surface area (Å²) in [5.74, 6) is -1.03. The number of rotatable bonds is 18. The van der Waals surface area contributed by atoms with Crippen LogP contribution in [-0.2, 0) is 33.5 Å². The fourth-order valence-corrected chi connectivity index (χ4v) is 20.6. The van der Waals surface area contributed by atoms with E-state index in [1.54, 1.807) is 69.7 Å². The van der Waals surface area contributed by atoms with Crippen LogP contribution < -0.4 is 4.90 Å². The van der Waals surface area contributed by atoms with E-state index in [1.165, 1.54) is 44.6 Å². The van der Waals surface area contributed by atoms with Gasteiger partial charge in [0.1, 0.15) is 10.1 Å². The van der Waals surface area contributed by atoms with Crippen LogP contribution in [0.15, 0.2) is 133 Å². The number of unbranched alkanes of at least 4 members (excludes halogenated alkanes) is 1. The number of thioether (sulfide) groups is 2. The molecule has 9 nitrogen and oxygen atoms in total. The molecule has 0 aliphatic carbocycles. The van der Waals surface area contributed by atoms with Crippen molar-refractivity contribution in [2.75, 3.05) is 10.7 Å². The Morgan fingerprint density at radius 2 is 1.19 bits per heavy atom. The number of amides is 4. The predicted octanol–water partition coefficient (Wildman–Crippen LogP) is 21.8. The standard InChI is InChI=1S/C77H69N3O6S7/c1-11-12-34-89-74(87)93-62(38-77(10,41-78)33-31-63(81)86-40-47-36-43(3)69(90-47)61-30-28-59(92-61)58-27-29-60(91-58)68-42(2)32-35-88-68)45-15-13-44(14-16-45)39-79-70(82)52-22-18-48-50-20-24-54-67-55(25-21-51(65(50)67)49-19-23-53(71(79)83)66(52)64(48)49)73(85)80(72(54)84)57-37-46(75(4,5)6)17-26-56(57)76(7,8)9/h13-30,32,35-37,62H,11-12,31,33-34,38-40H2,1-10H3. The number of imide groups is 2. The number of ether oxygens (including phenoxy) is 1. The SMILES string of the molecule is CCCCSC(=S)SC(CC(C)(C#N)CCC(=O)OCc1cc(C)c(-c2ccc(-c3ccc(-c4sccc4C)s3)s2)s1)c1ccc(CN2C(=O)c3ccc4c5ccc6c7c(ccc(c8ccc(c3c48)C2=O)c75)C(=O)N(c2cc(C(C)(C)C)ccc2C(C)(C)C)C6=O)cc1. The van der Waals surface area contributed by atoms with Crippen LogP contribution in [-0.4, -0.2) is 43.8 Å². The molecule has 0 N–H and O–H groups in total. The van der Waals surface area contributed by atoms with Crippen molar-refractivity contribution < 1.29 is 28.7 Å². The maximum Gasteiger partial charge on any atom is 0.306 e. The molecule has 6 heterocycles. The number of aryl methyl sites for hydroxylation is 2. The minimum absolute atomic E-state index is 0.0298. The minimum atomic E-state index is -0.902. The Morgan fingerprint density at radius 1 is 0.634 bits per heavy atom. The molecular weight excluding hydrogens is 1290 g/mol. The van der Waals surface area contributed by atoms with Gasteiger partial charge in [-0.15, -0.1) is 57.1 Å². The van der Waals surface area contributed by atoms with E-state index in [1.807, 2.05) is 91.1 Å². The number of benzene rings is 7.